The fourth-order valence-corrected chi connectivity index (χ4v) is 4.01. The maximum Gasteiger partial charge on any atom is 0.356 e. The van der Waals surface area contributed by atoms with E-state index in [-0.39, 0.29) is 16.4 Å². The van der Waals surface area contributed by atoms with Crippen molar-refractivity contribution >= 4 is 28.2 Å². The number of thiazole rings is 1. The van der Waals surface area contributed by atoms with E-state index in [2.05, 4.69) is 9.88 Å². The number of carboxylic acids is 1. The number of aromatic nitrogens is 1. The second-order valence-corrected chi connectivity index (χ2v) is 6.00. The number of aromatic carboxylic acids is 1. The minimum atomic E-state index is -1.12. The van der Waals surface area contributed by atoms with Gasteiger partial charge in [0, 0.05) is 19.5 Å². The lowest BCUT2D eigenvalue weighted by Crippen LogP contribution is -2.31. The Morgan fingerprint density at radius 3 is 2.67 bits per heavy atom. The molecule has 1 aromatic heterocycles. The predicted octanol–water partition coefficient (Wildman–Crippen LogP) is 2.03. The Bertz CT molecular complexity index is 494. The van der Waals surface area contributed by atoms with Gasteiger partial charge in [-0.3, -0.25) is 4.79 Å². The molecule has 0 radical (unpaired) electrons. The molecule has 2 aliphatic rings. The number of carbonyl (C=O) groups excluding carboxylic acids is 1. The Labute approximate surface area is 108 Å². The third-order valence-electron chi connectivity index (χ3n) is 3.79. The molecule has 0 spiro atoms. The summed E-state index contributed by atoms with van der Waals surface area (Å²) in [5, 5.41) is 9.77. The van der Waals surface area contributed by atoms with Gasteiger partial charge in [0.05, 0.1) is 0 Å². The molecule has 96 valence electrons. The number of hydrogen-bond acceptors (Lipinski definition) is 5. The molecule has 18 heavy (non-hydrogen) atoms. The quantitative estimate of drug-likeness (QED) is 0.848. The lowest BCUT2D eigenvalue weighted by Gasteiger charge is -2.26. The van der Waals surface area contributed by atoms with Crippen molar-refractivity contribution in [2.75, 3.05) is 11.4 Å². The normalized spacial score (nSPS) is 25.7. The predicted molar refractivity (Wildman–Crippen MR) is 67.6 cm³/mol. The van der Waals surface area contributed by atoms with Crippen molar-refractivity contribution in [2.24, 2.45) is 5.92 Å². The molecule has 1 saturated heterocycles. The number of anilines is 1. The fourth-order valence-electron chi connectivity index (χ4n) is 2.97. The first kappa shape index (κ1) is 11.6. The molecule has 1 saturated carbocycles. The largest absolute Gasteiger partial charge is 0.476 e. The van der Waals surface area contributed by atoms with Gasteiger partial charge in [-0.25, -0.2) is 9.78 Å². The minimum absolute atomic E-state index is 0.0923. The monoisotopic (exact) mass is 266 g/mol. The SMILES string of the molecule is CC(=O)c1sc(N2CC3CCC2C3)nc1C(=O)O. The van der Waals surface area contributed by atoms with Gasteiger partial charge in [0.2, 0.25) is 0 Å². The van der Waals surface area contributed by atoms with Crippen LogP contribution in [0.4, 0.5) is 5.13 Å². The van der Waals surface area contributed by atoms with Crippen LogP contribution in [0.15, 0.2) is 0 Å². The molecule has 1 aliphatic carbocycles. The summed E-state index contributed by atoms with van der Waals surface area (Å²) in [6.07, 6.45) is 3.59. The van der Waals surface area contributed by atoms with Crippen molar-refractivity contribution in [3.8, 4) is 0 Å². The molecule has 2 fully saturated rings. The average Bonchev–Trinajstić information content (AvgIpc) is 3.02. The third kappa shape index (κ3) is 1.71. The number of rotatable bonds is 3. The molecule has 2 unspecified atom stereocenters. The number of ketones is 1. The summed E-state index contributed by atoms with van der Waals surface area (Å²) in [6, 6.07) is 0.489. The molecule has 1 N–H and O–H groups in total. The molecule has 0 aromatic carbocycles. The van der Waals surface area contributed by atoms with Crippen LogP contribution >= 0.6 is 11.3 Å². The molecule has 5 nitrogen and oxygen atoms in total. The smallest absolute Gasteiger partial charge is 0.356 e. The van der Waals surface area contributed by atoms with E-state index in [1.165, 1.54) is 31.1 Å². The van der Waals surface area contributed by atoms with Crippen molar-refractivity contribution in [2.45, 2.75) is 32.2 Å². The van der Waals surface area contributed by atoms with Crippen LogP contribution in [0.5, 0.6) is 0 Å². The number of carbonyl (C=O) groups is 2. The first-order valence-corrected chi connectivity index (χ1v) is 6.89. The molecular weight excluding hydrogens is 252 g/mol. The van der Waals surface area contributed by atoms with E-state index >= 15 is 0 Å². The summed E-state index contributed by atoms with van der Waals surface area (Å²) in [6.45, 7) is 2.34. The first-order chi connectivity index (χ1) is 8.56. The zero-order chi connectivity index (χ0) is 12.9. The molecule has 3 rings (SSSR count). The molecule has 6 heteroatoms. The lowest BCUT2D eigenvalue weighted by molar-refractivity contribution is 0.0687. The number of carboxylic acid groups (broad SMARTS) is 1. The summed E-state index contributed by atoms with van der Waals surface area (Å²) in [5.74, 6) is -0.625. The highest BCUT2D eigenvalue weighted by molar-refractivity contribution is 7.17. The molecule has 2 heterocycles. The highest BCUT2D eigenvalue weighted by atomic mass is 32.1. The zero-order valence-electron chi connectivity index (χ0n) is 10.0. The van der Waals surface area contributed by atoms with Gasteiger partial charge in [0.25, 0.3) is 0 Å². The van der Waals surface area contributed by atoms with Gasteiger partial charge in [-0.2, -0.15) is 0 Å². The molecule has 2 atom stereocenters. The maximum atomic E-state index is 11.4. The summed E-state index contributed by atoms with van der Waals surface area (Å²) >= 11 is 1.22. The minimum Gasteiger partial charge on any atom is -0.476 e. The Morgan fingerprint density at radius 2 is 2.22 bits per heavy atom. The maximum absolute atomic E-state index is 11.4. The van der Waals surface area contributed by atoms with Crippen molar-refractivity contribution in [1.82, 2.24) is 4.98 Å². The van der Waals surface area contributed by atoms with Gasteiger partial charge in [-0.05, 0) is 25.2 Å². The summed E-state index contributed by atoms with van der Waals surface area (Å²) in [5.41, 5.74) is -0.0923. The summed E-state index contributed by atoms with van der Waals surface area (Å²) in [7, 11) is 0. The van der Waals surface area contributed by atoms with Crippen LogP contribution in [-0.2, 0) is 0 Å². The number of piperidine rings is 1. The van der Waals surface area contributed by atoms with Crippen molar-refractivity contribution in [3.63, 3.8) is 0 Å². The third-order valence-corrected chi connectivity index (χ3v) is 4.99. The second kappa shape index (κ2) is 4.05. The van der Waals surface area contributed by atoms with E-state index in [4.69, 9.17) is 5.11 Å². The van der Waals surface area contributed by atoms with Crippen molar-refractivity contribution in [1.29, 1.82) is 0 Å². The Morgan fingerprint density at radius 1 is 1.44 bits per heavy atom. The van der Waals surface area contributed by atoms with Crippen LogP contribution in [0.25, 0.3) is 0 Å². The number of nitrogens with zero attached hydrogens (tertiary/aromatic N) is 2. The fraction of sp³-hybridized carbons (Fsp3) is 0.583. The molecular formula is C12H14N2O3S. The Kier molecular flexibility index (Phi) is 2.62. The van der Waals surface area contributed by atoms with Gasteiger partial charge >= 0.3 is 5.97 Å². The van der Waals surface area contributed by atoms with Crippen LogP contribution in [0, 0.1) is 5.92 Å². The van der Waals surface area contributed by atoms with E-state index in [1.807, 2.05) is 0 Å². The van der Waals surface area contributed by atoms with Crippen molar-refractivity contribution in [3.05, 3.63) is 10.6 Å². The van der Waals surface area contributed by atoms with Crippen LogP contribution in [-0.4, -0.2) is 34.4 Å². The highest BCUT2D eigenvalue weighted by Crippen LogP contribution is 2.42. The zero-order valence-corrected chi connectivity index (χ0v) is 10.9. The first-order valence-electron chi connectivity index (χ1n) is 6.08. The van der Waals surface area contributed by atoms with E-state index < -0.39 is 5.97 Å². The van der Waals surface area contributed by atoms with E-state index in [0.717, 1.165) is 13.0 Å². The van der Waals surface area contributed by atoms with Gasteiger partial charge in [0.1, 0.15) is 4.88 Å². The van der Waals surface area contributed by atoms with Gasteiger partial charge in [0.15, 0.2) is 16.6 Å². The Balaban J connectivity index is 1.96. The second-order valence-electron chi connectivity index (χ2n) is 5.02. The number of hydrogen-bond donors (Lipinski definition) is 1. The van der Waals surface area contributed by atoms with Gasteiger partial charge in [-0.15, -0.1) is 0 Å². The Hall–Kier alpha value is -1.43. The number of fused-ring (bicyclic) bond motifs is 2. The topological polar surface area (TPSA) is 70.5 Å². The molecule has 2 bridgehead atoms. The summed E-state index contributed by atoms with van der Waals surface area (Å²) in [4.78, 5) is 29.1. The van der Waals surface area contributed by atoms with Crippen LogP contribution < -0.4 is 4.90 Å². The van der Waals surface area contributed by atoms with Crippen LogP contribution in [0.1, 0.15) is 46.3 Å². The van der Waals surface area contributed by atoms with Gasteiger partial charge in [-0.1, -0.05) is 11.3 Å². The van der Waals surface area contributed by atoms with E-state index in [1.54, 1.807) is 0 Å². The standard InChI is InChI=1S/C12H14N2O3S/c1-6(15)10-9(11(16)17)13-12(18-10)14-5-7-2-3-8(14)4-7/h7-8H,2-5H2,1H3,(H,16,17). The van der Waals surface area contributed by atoms with Crippen LogP contribution in [0.3, 0.4) is 0 Å². The van der Waals surface area contributed by atoms with E-state index in [9.17, 15) is 9.59 Å². The average molecular weight is 266 g/mol. The highest BCUT2D eigenvalue weighted by Gasteiger charge is 2.39. The van der Waals surface area contributed by atoms with Gasteiger partial charge < -0.3 is 10.0 Å². The number of Topliss-reactive ketones (excluding diaryl/α,β-unsaturated/α-hetero) is 1. The van der Waals surface area contributed by atoms with Crippen LogP contribution in [0.2, 0.25) is 0 Å². The molecule has 0 amide bonds. The van der Waals surface area contributed by atoms with Crippen molar-refractivity contribution < 1.29 is 14.7 Å². The van der Waals surface area contributed by atoms with E-state index in [0.29, 0.717) is 17.1 Å². The molecule has 1 aliphatic heterocycles. The lowest BCUT2D eigenvalue weighted by atomic mass is 10.1. The molecule has 1 aromatic rings. The summed E-state index contributed by atoms with van der Waals surface area (Å²) < 4.78 is 0.